The zero-order chi connectivity index (χ0) is 22.1. The summed E-state index contributed by atoms with van der Waals surface area (Å²) < 4.78 is 92.5. The van der Waals surface area contributed by atoms with Crippen molar-refractivity contribution in [3.05, 3.63) is 71.8 Å². The van der Waals surface area contributed by atoms with Crippen molar-refractivity contribution in [1.29, 1.82) is 0 Å². The van der Waals surface area contributed by atoms with E-state index >= 15 is 0 Å². The number of hydrogen-bond donors (Lipinski definition) is 4. The van der Waals surface area contributed by atoms with Gasteiger partial charge in [0.1, 0.15) is 11.5 Å². The minimum absolute atomic E-state index is 0.251. The Kier molecular flexibility index (Phi) is 6.26. The molecule has 2 rings (SSSR count). The van der Waals surface area contributed by atoms with Crippen molar-refractivity contribution in [1.82, 2.24) is 0 Å². The van der Waals surface area contributed by atoms with Crippen LogP contribution in [-0.2, 0) is 39.8 Å². The number of nitrogens with two attached hydrogens (primary N) is 2. The van der Waals surface area contributed by atoms with Crippen molar-refractivity contribution in [3.63, 3.8) is 0 Å². The molecule has 0 aliphatic carbocycles. The van der Waals surface area contributed by atoms with Crippen LogP contribution in [0.25, 0.3) is 0 Å². The molecule has 29 heavy (non-hydrogen) atoms. The van der Waals surface area contributed by atoms with Crippen LogP contribution in [-0.4, -0.2) is 45.9 Å². The molecule has 2 atom stereocenters. The summed E-state index contributed by atoms with van der Waals surface area (Å²) in [6.07, 6.45) is 0. The lowest BCUT2D eigenvalue weighted by molar-refractivity contribution is 0.450. The van der Waals surface area contributed by atoms with Gasteiger partial charge in [-0.15, -0.1) is 0 Å². The van der Waals surface area contributed by atoms with E-state index in [-0.39, 0.29) is 11.1 Å². The van der Waals surface area contributed by atoms with Gasteiger partial charge in [-0.05, 0) is 11.1 Å². The fourth-order valence-corrected chi connectivity index (χ4v) is 8.03. The lowest BCUT2D eigenvalue weighted by Gasteiger charge is -2.38. The lowest BCUT2D eigenvalue weighted by Crippen LogP contribution is -2.62. The van der Waals surface area contributed by atoms with Crippen LogP contribution in [0.3, 0.4) is 0 Å². The summed E-state index contributed by atoms with van der Waals surface area (Å²) in [6.45, 7) is 0. The van der Waals surface area contributed by atoms with Gasteiger partial charge in [-0.3, -0.25) is 9.11 Å². The van der Waals surface area contributed by atoms with Gasteiger partial charge in [0.05, 0.1) is 0 Å². The maximum Gasteiger partial charge on any atom is 0.268 e. The molecule has 0 amide bonds. The Balaban J connectivity index is 2.88. The highest BCUT2D eigenvalue weighted by atomic mass is 32.2. The summed E-state index contributed by atoms with van der Waals surface area (Å²) in [5.74, 6) is -2.99. The van der Waals surface area contributed by atoms with Crippen LogP contribution in [0.15, 0.2) is 60.7 Å². The first-order valence-electron chi connectivity index (χ1n) is 7.96. The van der Waals surface area contributed by atoms with Gasteiger partial charge in [0.15, 0.2) is 19.6 Å². The van der Waals surface area contributed by atoms with Crippen LogP contribution in [0.2, 0.25) is 0 Å². The van der Waals surface area contributed by atoms with E-state index in [1.54, 1.807) is 0 Å². The van der Waals surface area contributed by atoms with Crippen molar-refractivity contribution in [3.8, 4) is 0 Å². The second kappa shape index (κ2) is 7.75. The SMILES string of the molecule is NC(CS(=O)(=O)O)(c1ccccc1)S(=O)(=O)C(N)(CS(=O)(=O)O)c1ccccc1. The van der Waals surface area contributed by atoms with Crippen LogP contribution in [0.4, 0.5) is 0 Å². The van der Waals surface area contributed by atoms with Gasteiger partial charge < -0.3 is 11.5 Å². The van der Waals surface area contributed by atoms with Gasteiger partial charge in [0, 0.05) is 0 Å². The molecule has 0 radical (unpaired) electrons. The molecule has 0 saturated carbocycles. The van der Waals surface area contributed by atoms with E-state index in [4.69, 9.17) is 11.5 Å². The quantitative estimate of drug-likeness (QED) is 0.380. The van der Waals surface area contributed by atoms with E-state index in [9.17, 15) is 34.4 Å². The van der Waals surface area contributed by atoms with Crippen LogP contribution in [0.5, 0.6) is 0 Å². The molecule has 2 aromatic carbocycles. The predicted molar refractivity (Wildman–Crippen MR) is 106 cm³/mol. The van der Waals surface area contributed by atoms with Crippen molar-refractivity contribution in [2.24, 2.45) is 11.5 Å². The minimum Gasteiger partial charge on any atom is -0.308 e. The topological polar surface area (TPSA) is 195 Å². The third-order valence-electron chi connectivity index (χ3n) is 4.28. The molecule has 13 heteroatoms. The fourth-order valence-electron chi connectivity index (χ4n) is 2.94. The largest absolute Gasteiger partial charge is 0.308 e. The number of rotatable bonds is 8. The van der Waals surface area contributed by atoms with E-state index in [1.165, 1.54) is 60.7 Å². The Morgan fingerprint density at radius 2 is 0.897 bits per heavy atom. The van der Waals surface area contributed by atoms with Crippen LogP contribution in [0, 0.1) is 0 Å². The summed E-state index contributed by atoms with van der Waals surface area (Å²) in [4.78, 5) is -5.67. The molecule has 0 saturated heterocycles. The number of benzene rings is 2. The molecule has 160 valence electrons. The summed E-state index contributed by atoms with van der Waals surface area (Å²) in [5.41, 5.74) is 11.6. The van der Waals surface area contributed by atoms with Crippen LogP contribution < -0.4 is 11.5 Å². The molecule has 0 aromatic heterocycles. The molecular weight excluding hydrogens is 444 g/mol. The molecule has 2 aromatic rings. The first-order chi connectivity index (χ1) is 13.1. The molecular formula is C16H20N2O8S3. The smallest absolute Gasteiger partial charge is 0.268 e. The second-order valence-electron chi connectivity index (χ2n) is 6.47. The average molecular weight is 465 g/mol. The summed E-state index contributed by atoms with van der Waals surface area (Å²) in [6, 6.07) is 13.3. The van der Waals surface area contributed by atoms with Gasteiger partial charge in [-0.25, -0.2) is 8.42 Å². The van der Waals surface area contributed by atoms with E-state index in [0.717, 1.165) is 0 Å². The van der Waals surface area contributed by atoms with Gasteiger partial charge in [-0.2, -0.15) is 16.8 Å². The minimum atomic E-state index is -5.16. The molecule has 0 heterocycles. The first-order valence-corrected chi connectivity index (χ1v) is 12.7. The number of sulfone groups is 1. The Morgan fingerprint density at radius 1 is 0.621 bits per heavy atom. The van der Waals surface area contributed by atoms with Gasteiger partial charge in [-0.1, -0.05) is 60.7 Å². The van der Waals surface area contributed by atoms with E-state index in [0.29, 0.717) is 0 Å². The molecule has 0 aliphatic heterocycles. The first kappa shape index (κ1) is 23.4. The van der Waals surface area contributed by atoms with E-state index in [2.05, 4.69) is 0 Å². The van der Waals surface area contributed by atoms with E-state index in [1.807, 2.05) is 0 Å². The maximum atomic E-state index is 13.6. The monoisotopic (exact) mass is 464 g/mol. The van der Waals surface area contributed by atoms with Crippen molar-refractivity contribution >= 4 is 30.1 Å². The average Bonchev–Trinajstić information content (AvgIpc) is 2.60. The molecule has 10 nitrogen and oxygen atoms in total. The number of hydrogen-bond acceptors (Lipinski definition) is 8. The van der Waals surface area contributed by atoms with Gasteiger partial charge in [0.25, 0.3) is 20.2 Å². The highest BCUT2D eigenvalue weighted by Gasteiger charge is 2.57. The van der Waals surface area contributed by atoms with Gasteiger partial charge >= 0.3 is 0 Å². The van der Waals surface area contributed by atoms with Crippen molar-refractivity contribution in [2.75, 3.05) is 11.5 Å². The molecule has 0 aliphatic rings. The molecule has 0 bridgehead atoms. The molecule has 0 fully saturated rings. The normalized spacial score (nSPS) is 17.2. The van der Waals surface area contributed by atoms with E-state index < -0.39 is 51.3 Å². The second-order valence-corrected chi connectivity index (χ2v) is 11.8. The molecule has 0 spiro atoms. The zero-order valence-electron chi connectivity index (χ0n) is 14.9. The highest BCUT2D eigenvalue weighted by molar-refractivity contribution is 7.96. The fraction of sp³-hybridized carbons (Fsp3) is 0.250. The third kappa shape index (κ3) is 4.83. The Bertz CT molecular complexity index is 1090. The Labute approximate surface area is 169 Å². The van der Waals surface area contributed by atoms with Gasteiger partial charge in [0.2, 0.25) is 0 Å². The van der Waals surface area contributed by atoms with Crippen molar-refractivity contribution < 1.29 is 34.4 Å². The molecule has 2 unspecified atom stereocenters. The lowest BCUT2D eigenvalue weighted by atomic mass is 10.1. The zero-order valence-corrected chi connectivity index (χ0v) is 17.4. The third-order valence-corrected chi connectivity index (χ3v) is 8.96. The van der Waals surface area contributed by atoms with Crippen molar-refractivity contribution in [2.45, 2.75) is 9.74 Å². The van der Waals surface area contributed by atoms with Crippen LogP contribution >= 0.6 is 0 Å². The maximum absolute atomic E-state index is 13.6. The highest BCUT2D eigenvalue weighted by Crippen LogP contribution is 2.39. The van der Waals surface area contributed by atoms with Crippen LogP contribution in [0.1, 0.15) is 11.1 Å². The molecule has 6 N–H and O–H groups in total. The summed E-state index contributed by atoms with van der Waals surface area (Å²) >= 11 is 0. The standard InChI is InChI=1S/C16H20N2O8S3/c17-15(11-27(19,20)21,13-7-3-1-4-8-13)29(25,26)16(18,12-28(22,23)24)14-9-5-2-6-10-14/h1-10H,11-12,17-18H2,(H,19,20,21)(H,22,23,24). The Morgan fingerprint density at radius 3 is 1.14 bits per heavy atom. The Hall–Kier alpha value is -1.87. The summed E-state index contributed by atoms with van der Waals surface area (Å²) in [7, 11) is -15.1. The summed E-state index contributed by atoms with van der Waals surface area (Å²) in [5, 5.41) is 0. The predicted octanol–water partition coefficient (Wildman–Crippen LogP) is -0.200.